The smallest absolute Gasteiger partial charge is 0.237 e. The Labute approximate surface area is 85.6 Å². The zero-order chi connectivity index (χ0) is 10.6. The number of piperazine rings is 1. The molecule has 2 aliphatic heterocycles. The summed E-state index contributed by atoms with van der Waals surface area (Å²) in [5.74, 6) is 0.167. The molecule has 0 aliphatic carbocycles. The van der Waals surface area contributed by atoms with Crippen molar-refractivity contribution in [3.63, 3.8) is 0 Å². The molecule has 2 rings (SSSR count). The summed E-state index contributed by atoms with van der Waals surface area (Å²) >= 11 is 0. The van der Waals surface area contributed by atoms with Gasteiger partial charge in [0.15, 0.2) is 0 Å². The van der Waals surface area contributed by atoms with Crippen molar-refractivity contribution in [2.24, 2.45) is 0 Å². The van der Waals surface area contributed by atoms with E-state index < -0.39 is 0 Å². The first-order chi connectivity index (χ1) is 6.81. The Morgan fingerprint density at radius 3 is 2.79 bits per heavy atom. The summed E-state index contributed by atoms with van der Waals surface area (Å²) in [6.07, 6.45) is 1.10. The van der Waals surface area contributed by atoms with Gasteiger partial charge < -0.3 is 10.1 Å². The highest BCUT2D eigenvalue weighted by atomic mass is 16.5. The molecule has 0 bridgehead atoms. The molecule has 2 heterocycles. The van der Waals surface area contributed by atoms with Gasteiger partial charge in [0, 0.05) is 26.7 Å². The molecular weight excluding hydrogens is 180 g/mol. The molecule has 4 heteroatoms. The minimum atomic E-state index is 0.0729. The fourth-order valence-electron chi connectivity index (χ4n) is 1.99. The number of ether oxygens (including phenoxy) is 1. The monoisotopic (exact) mass is 200 g/mol. The van der Waals surface area contributed by atoms with Crippen LogP contribution in [0.5, 0.6) is 0 Å². The summed E-state index contributed by atoms with van der Waals surface area (Å²) in [7, 11) is 1.71. The van der Waals surface area contributed by atoms with E-state index >= 15 is 0 Å². The van der Waals surface area contributed by atoms with Crippen molar-refractivity contribution in [1.82, 2.24) is 10.2 Å². The first-order valence-electron chi connectivity index (χ1n) is 5.36. The Morgan fingerprint density at radius 1 is 1.50 bits per heavy atom. The van der Waals surface area contributed by atoms with Crippen LogP contribution in [0.1, 0.15) is 20.3 Å². The first-order valence-corrected chi connectivity index (χ1v) is 5.36. The van der Waals surface area contributed by atoms with Crippen LogP contribution in [0.3, 0.4) is 0 Å². The quantitative estimate of drug-likeness (QED) is 0.659. The molecule has 14 heavy (non-hydrogen) atoms. The van der Waals surface area contributed by atoms with Gasteiger partial charge in [0.2, 0.25) is 5.91 Å². The molecule has 2 atom stereocenters. The molecule has 2 aliphatic rings. The highest BCUT2D eigenvalue weighted by molar-refractivity contribution is 5.82. The summed E-state index contributed by atoms with van der Waals surface area (Å²) in [6.45, 7) is 6.66. The van der Waals surface area contributed by atoms with Crippen LogP contribution in [0.15, 0.2) is 0 Å². The minimum Gasteiger partial charge on any atom is -0.380 e. The van der Waals surface area contributed by atoms with E-state index in [0.717, 1.165) is 26.1 Å². The Bertz CT molecular complexity index is 197. The van der Waals surface area contributed by atoms with E-state index in [4.69, 9.17) is 4.74 Å². The number of carbonyl (C=O) groups excluding carboxylic acids is 1. The van der Waals surface area contributed by atoms with Crippen molar-refractivity contribution in [3.8, 4) is 0 Å². The fraction of sp³-hybridized carbons (Fsp3) is 0.900. The van der Waals surface area contributed by atoms with Gasteiger partial charge in [-0.25, -0.2) is 0 Å². The van der Waals surface area contributed by atoms with Gasteiger partial charge in [-0.15, -0.1) is 0 Å². The number of nitrogens with one attached hydrogen (secondary N) is 1. The number of nitrogens with zero attached hydrogens (tertiary/aromatic N) is 1. The number of methoxy groups -OCH3 is 1. The summed E-state index contributed by atoms with van der Waals surface area (Å²) in [6, 6.07) is 0.0729. The molecule has 2 unspecified atom stereocenters. The Balaban J connectivity index is 0.000000461. The van der Waals surface area contributed by atoms with Crippen LogP contribution >= 0.6 is 0 Å². The second-order valence-corrected chi connectivity index (χ2v) is 3.40. The van der Waals surface area contributed by atoms with E-state index in [1.165, 1.54) is 0 Å². The van der Waals surface area contributed by atoms with E-state index in [0.29, 0.717) is 0 Å². The molecule has 0 aromatic carbocycles. The zero-order valence-corrected chi connectivity index (χ0v) is 9.25. The van der Waals surface area contributed by atoms with Gasteiger partial charge in [-0.1, -0.05) is 13.8 Å². The third kappa shape index (κ3) is 2.25. The molecule has 0 aromatic rings. The number of hydrogen-bond donors (Lipinski definition) is 1. The van der Waals surface area contributed by atoms with Gasteiger partial charge >= 0.3 is 0 Å². The summed E-state index contributed by atoms with van der Waals surface area (Å²) in [5.41, 5.74) is 0. The maximum atomic E-state index is 11.3. The van der Waals surface area contributed by atoms with E-state index in [1.807, 2.05) is 13.8 Å². The number of carbonyl (C=O) groups is 1. The lowest BCUT2D eigenvalue weighted by Crippen LogP contribution is -2.51. The Morgan fingerprint density at radius 2 is 2.21 bits per heavy atom. The fourth-order valence-corrected chi connectivity index (χ4v) is 1.99. The lowest BCUT2D eigenvalue weighted by atomic mass is 10.1. The van der Waals surface area contributed by atoms with Gasteiger partial charge in [0.05, 0.1) is 12.1 Å². The van der Waals surface area contributed by atoms with Gasteiger partial charge in [-0.05, 0) is 6.42 Å². The second kappa shape index (κ2) is 5.32. The van der Waals surface area contributed by atoms with Crippen molar-refractivity contribution in [3.05, 3.63) is 0 Å². The Kier molecular flexibility index (Phi) is 4.35. The second-order valence-electron chi connectivity index (χ2n) is 3.40. The van der Waals surface area contributed by atoms with Gasteiger partial charge in [-0.3, -0.25) is 9.69 Å². The SMILES string of the molecule is CC.COC1CC2C(=O)NCCN2C1. The third-order valence-electron chi connectivity index (χ3n) is 2.70. The van der Waals surface area contributed by atoms with Crippen molar-refractivity contribution in [2.45, 2.75) is 32.4 Å². The molecule has 2 saturated heterocycles. The summed E-state index contributed by atoms with van der Waals surface area (Å²) in [5, 5.41) is 2.86. The lowest BCUT2D eigenvalue weighted by molar-refractivity contribution is -0.127. The third-order valence-corrected chi connectivity index (χ3v) is 2.70. The number of hydrogen-bond acceptors (Lipinski definition) is 3. The van der Waals surface area contributed by atoms with Gasteiger partial charge in [0.25, 0.3) is 0 Å². The number of fused-ring (bicyclic) bond motifs is 1. The lowest BCUT2D eigenvalue weighted by Gasteiger charge is -2.28. The van der Waals surface area contributed by atoms with E-state index in [-0.39, 0.29) is 18.1 Å². The van der Waals surface area contributed by atoms with Crippen molar-refractivity contribution >= 4 is 5.91 Å². The van der Waals surface area contributed by atoms with Gasteiger partial charge in [-0.2, -0.15) is 0 Å². The molecule has 1 N–H and O–H groups in total. The predicted molar refractivity (Wildman–Crippen MR) is 55.1 cm³/mol. The van der Waals surface area contributed by atoms with Crippen LogP contribution in [0.2, 0.25) is 0 Å². The zero-order valence-electron chi connectivity index (χ0n) is 9.25. The molecule has 4 nitrogen and oxygen atoms in total. The van der Waals surface area contributed by atoms with Crippen molar-refractivity contribution in [1.29, 1.82) is 0 Å². The Hall–Kier alpha value is -0.610. The predicted octanol–water partition coefficient (Wildman–Crippen LogP) is 0.232. The molecule has 0 saturated carbocycles. The summed E-state index contributed by atoms with van der Waals surface area (Å²) in [4.78, 5) is 13.5. The van der Waals surface area contributed by atoms with Crippen LogP contribution < -0.4 is 5.32 Å². The van der Waals surface area contributed by atoms with Crippen LogP contribution in [0, 0.1) is 0 Å². The molecule has 0 aromatic heterocycles. The first kappa shape index (κ1) is 11.5. The van der Waals surface area contributed by atoms with Crippen LogP contribution in [0.25, 0.3) is 0 Å². The average Bonchev–Trinajstić information content (AvgIpc) is 2.65. The highest BCUT2D eigenvalue weighted by Crippen LogP contribution is 2.21. The summed E-state index contributed by atoms with van der Waals surface area (Å²) < 4.78 is 5.23. The number of amides is 1. The van der Waals surface area contributed by atoms with Crippen LogP contribution in [-0.4, -0.2) is 49.7 Å². The van der Waals surface area contributed by atoms with Crippen molar-refractivity contribution in [2.75, 3.05) is 26.7 Å². The maximum absolute atomic E-state index is 11.3. The minimum absolute atomic E-state index is 0.0729. The van der Waals surface area contributed by atoms with Crippen molar-refractivity contribution < 1.29 is 9.53 Å². The van der Waals surface area contributed by atoms with E-state index in [9.17, 15) is 4.79 Å². The van der Waals surface area contributed by atoms with E-state index in [1.54, 1.807) is 7.11 Å². The standard InChI is InChI=1S/C8H14N2O2.C2H6/c1-12-6-4-7-8(11)9-2-3-10(7)5-6;1-2/h6-7H,2-5H2,1H3,(H,9,11);1-2H3. The average molecular weight is 200 g/mol. The van der Waals surface area contributed by atoms with E-state index in [2.05, 4.69) is 10.2 Å². The largest absolute Gasteiger partial charge is 0.380 e. The topological polar surface area (TPSA) is 41.6 Å². The molecule has 0 spiro atoms. The number of rotatable bonds is 1. The molecule has 1 amide bonds. The van der Waals surface area contributed by atoms with Crippen LogP contribution in [0.4, 0.5) is 0 Å². The highest BCUT2D eigenvalue weighted by Gasteiger charge is 2.38. The molecule has 82 valence electrons. The molecular formula is C10H20N2O2. The maximum Gasteiger partial charge on any atom is 0.237 e. The van der Waals surface area contributed by atoms with Gasteiger partial charge in [0.1, 0.15) is 0 Å². The molecule has 2 fully saturated rings. The normalized spacial score (nSPS) is 31.5. The molecule has 0 radical (unpaired) electrons. The van der Waals surface area contributed by atoms with Crippen LogP contribution in [-0.2, 0) is 9.53 Å².